The molecule has 28 heavy (non-hydrogen) atoms. The van der Waals surface area contributed by atoms with Crippen LogP contribution in [0.15, 0.2) is 75.9 Å². The molecule has 4 rings (SSSR count). The van der Waals surface area contributed by atoms with Gasteiger partial charge in [0.2, 0.25) is 5.43 Å². The van der Waals surface area contributed by atoms with Gasteiger partial charge in [0.15, 0.2) is 6.10 Å². The number of fused-ring (bicyclic) bond motifs is 2. The number of hydrogen-bond acceptors (Lipinski definition) is 4. The Morgan fingerprint density at radius 2 is 1.71 bits per heavy atom. The van der Waals surface area contributed by atoms with Crippen LogP contribution in [-0.2, 0) is 4.79 Å². The highest BCUT2D eigenvalue weighted by atomic mass is 35.5. The van der Waals surface area contributed by atoms with Crippen LogP contribution in [0.5, 0.6) is 5.75 Å². The fraction of sp³-hybridized carbons (Fsp3) is 0.0909. The van der Waals surface area contributed by atoms with Crippen LogP contribution < -0.4 is 15.5 Å². The summed E-state index contributed by atoms with van der Waals surface area (Å²) in [4.78, 5) is 25.1. The van der Waals surface area contributed by atoms with E-state index in [1.165, 1.54) is 0 Å². The lowest BCUT2D eigenvalue weighted by atomic mass is 10.1. The number of carbonyl (C=O) groups is 1. The summed E-state index contributed by atoms with van der Waals surface area (Å²) in [6.45, 7) is 1.63. The van der Waals surface area contributed by atoms with E-state index in [0.29, 0.717) is 38.4 Å². The summed E-state index contributed by atoms with van der Waals surface area (Å²) in [6, 6.07) is 18.9. The summed E-state index contributed by atoms with van der Waals surface area (Å²) in [7, 11) is 0. The maximum absolute atomic E-state index is 12.6. The molecule has 140 valence electrons. The highest BCUT2D eigenvalue weighted by molar-refractivity contribution is 6.32. The average Bonchev–Trinajstić information content (AvgIpc) is 2.69. The molecule has 0 aliphatic carbocycles. The zero-order valence-electron chi connectivity index (χ0n) is 14.9. The monoisotopic (exact) mass is 393 g/mol. The molecule has 0 bridgehead atoms. The fourth-order valence-corrected chi connectivity index (χ4v) is 3.09. The lowest BCUT2D eigenvalue weighted by Crippen LogP contribution is -2.30. The number of rotatable bonds is 4. The summed E-state index contributed by atoms with van der Waals surface area (Å²) < 4.78 is 11.4. The van der Waals surface area contributed by atoms with E-state index < -0.39 is 6.10 Å². The number of ether oxygens (including phenoxy) is 1. The van der Waals surface area contributed by atoms with E-state index in [1.807, 2.05) is 0 Å². The van der Waals surface area contributed by atoms with E-state index in [9.17, 15) is 9.59 Å². The van der Waals surface area contributed by atoms with Crippen molar-refractivity contribution in [2.75, 3.05) is 5.32 Å². The number of halogens is 1. The number of anilines is 1. The van der Waals surface area contributed by atoms with Gasteiger partial charge >= 0.3 is 0 Å². The molecule has 1 atom stereocenters. The van der Waals surface area contributed by atoms with Crippen molar-refractivity contribution in [3.8, 4) is 5.75 Å². The number of para-hydroxylation sites is 2. The van der Waals surface area contributed by atoms with E-state index in [4.69, 9.17) is 20.8 Å². The topological polar surface area (TPSA) is 68.5 Å². The van der Waals surface area contributed by atoms with Gasteiger partial charge in [-0.25, -0.2) is 0 Å². The lowest BCUT2D eigenvalue weighted by molar-refractivity contribution is -0.122. The second-order valence-electron chi connectivity index (χ2n) is 6.32. The van der Waals surface area contributed by atoms with Crippen molar-refractivity contribution in [3.63, 3.8) is 0 Å². The number of nitrogens with one attached hydrogen (secondary N) is 1. The molecule has 0 aliphatic heterocycles. The molecule has 6 heteroatoms. The Bertz CT molecular complexity index is 1250. The van der Waals surface area contributed by atoms with E-state index in [0.717, 1.165) is 0 Å². The Hall–Kier alpha value is -3.31. The zero-order valence-corrected chi connectivity index (χ0v) is 15.7. The molecule has 0 saturated carbocycles. The Kier molecular flexibility index (Phi) is 4.75. The van der Waals surface area contributed by atoms with Crippen LogP contribution in [0, 0.1) is 0 Å². The van der Waals surface area contributed by atoms with Crippen molar-refractivity contribution >= 4 is 45.1 Å². The van der Waals surface area contributed by atoms with Crippen molar-refractivity contribution in [3.05, 3.63) is 82.0 Å². The smallest absolute Gasteiger partial charge is 0.265 e. The first-order valence-electron chi connectivity index (χ1n) is 8.70. The third-order valence-electron chi connectivity index (χ3n) is 4.35. The first-order valence-corrected chi connectivity index (χ1v) is 9.08. The van der Waals surface area contributed by atoms with E-state index in [-0.39, 0.29) is 11.3 Å². The van der Waals surface area contributed by atoms with E-state index in [1.54, 1.807) is 73.7 Å². The average molecular weight is 394 g/mol. The van der Waals surface area contributed by atoms with Crippen LogP contribution in [0.2, 0.25) is 5.02 Å². The Labute approximate surface area is 165 Å². The zero-order chi connectivity index (χ0) is 19.7. The molecule has 0 fully saturated rings. The molecule has 1 aromatic heterocycles. The molecule has 0 saturated heterocycles. The van der Waals surface area contributed by atoms with Gasteiger partial charge in [-0.3, -0.25) is 9.59 Å². The molecular weight excluding hydrogens is 378 g/mol. The van der Waals surface area contributed by atoms with Gasteiger partial charge in [0.1, 0.15) is 16.9 Å². The molecule has 1 heterocycles. The minimum absolute atomic E-state index is 0.106. The van der Waals surface area contributed by atoms with Gasteiger partial charge in [-0.15, -0.1) is 0 Å². The van der Waals surface area contributed by atoms with Crippen LogP contribution in [0.3, 0.4) is 0 Å². The minimum atomic E-state index is -0.765. The van der Waals surface area contributed by atoms with Crippen molar-refractivity contribution in [1.82, 2.24) is 0 Å². The molecule has 0 radical (unpaired) electrons. The van der Waals surface area contributed by atoms with Crippen LogP contribution in [-0.4, -0.2) is 12.0 Å². The third-order valence-corrected chi connectivity index (χ3v) is 4.67. The van der Waals surface area contributed by atoms with E-state index >= 15 is 0 Å². The number of amides is 1. The van der Waals surface area contributed by atoms with Crippen LogP contribution >= 0.6 is 11.6 Å². The standard InChI is InChI=1S/C22H16ClNO4/c1-13(27-19-9-5-3-7-17(19)23)22(26)24-14-10-11-16-20(12-14)28-18-8-4-2-6-15(18)21(16)25/h2-13H,1H3,(H,24,26). The molecule has 1 amide bonds. The van der Waals surface area contributed by atoms with Crippen LogP contribution in [0.1, 0.15) is 6.92 Å². The molecule has 1 unspecified atom stereocenters. The summed E-state index contributed by atoms with van der Waals surface area (Å²) >= 11 is 6.06. The maximum atomic E-state index is 12.6. The van der Waals surface area contributed by atoms with Gasteiger partial charge in [0.25, 0.3) is 5.91 Å². The third kappa shape index (κ3) is 3.44. The molecule has 5 nitrogen and oxygen atoms in total. The van der Waals surface area contributed by atoms with Crippen molar-refractivity contribution in [1.29, 1.82) is 0 Å². The lowest BCUT2D eigenvalue weighted by Gasteiger charge is -2.15. The quantitative estimate of drug-likeness (QED) is 0.495. The van der Waals surface area contributed by atoms with Crippen molar-refractivity contribution in [2.24, 2.45) is 0 Å². The highest BCUT2D eigenvalue weighted by Crippen LogP contribution is 2.25. The van der Waals surface area contributed by atoms with Crippen LogP contribution in [0.4, 0.5) is 5.69 Å². The molecule has 0 aliphatic rings. The second kappa shape index (κ2) is 7.37. The Balaban J connectivity index is 1.59. The summed E-state index contributed by atoms with van der Waals surface area (Å²) in [6.07, 6.45) is -0.765. The van der Waals surface area contributed by atoms with Crippen molar-refractivity contribution in [2.45, 2.75) is 13.0 Å². The molecular formula is C22H16ClNO4. The number of carbonyl (C=O) groups excluding carboxylic acids is 1. The summed E-state index contributed by atoms with van der Waals surface area (Å²) in [5, 5.41) is 4.18. The predicted octanol–water partition coefficient (Wildman–Crippen LogP) is 5.01. The van der Waals surface area contributed by atoms with E-state index in [2.05, 4.69) is 5.32 Å². The van der Waals surface area contributed by atoms with Gasteiger partial charge in [-0.05, 0) is 43.3 Å². The van der Waals surface area contributed by atoms with Gasteiger partial charge in [-0.2, -0.15) is 0 Å². The molecule has 4 aromatic rings. The normalized spacial score (nSPS) is 12.1. The first kappa shape index (κ1) is 18.1. The Morgan fingerprint density at radius 3 is 2.54 bits per heavy atom. The Morgan fingerprint density at radius 1 is 1.00 bits per heavy atom. The van der Waals surface area contributed by atoms with Gasteiger partial charge in [-0.1, -0.05) is 35.9 Å². The van der Waals surface area contributed by atoms with Gasteiger partial charge in [0.05, 0.1) is 15.8 Å². The second-order valence-corrected chi connectivity index (χ2v) is 6.73. The van der Waals surface area contributed by atoms with Crippen LogP contribution in [0.25, 0.3) is 21.9 Å². The van der Waals surface area contributed by atoms with Crippen molar-refractivity contribution < 1.29 is 13.9 Å². The molecule has 0 spiro atoms. The maximum Gasteiger partial charge on any atom is 0.265 e. The summed E-state index contributed by atoms with van der Waals surface area (Å²) in [5.41, 5.74) is 1.30. The van der Waals surface area contributed by atoms with Gasteiger partial charge < -0.3 is 14.5 Å². The molecule has 3 aromatic carbocycles. The van der Waals surface area contributed by atoms with Gasteiger partial charge in [0, 0.05) is 11.8 Å². The molecule has 1 N–H and O–H groups in total. The largest absolute Gasteiger partial charge is 0.479 e. The highest BCUT2D eigenvalue weighted by Gasteiger charge is 2.17. The predicted molar refractivity (Wildman–Crippen MR) is 110 cm³/mol. The minimum Gasteiger partial charge on any atom is -0.479 e. The number of benzene rings is 3. The first-order chi connectivity index (χ1) is 13.5. The SMILES string of the molecule is CC(Oc1ccccc1Cl)C(=O)Nc1ccc2c(=O)c3ccccc3oc2c1. The summed E-state index contributed by atoms with van der Waals surface area (Å²) in [5.74, 6) is 0.0881. The fourth-order valence-electron chi connectivity index (χ4n) is 2.91. The number of hydrogen-bond donors (Lipinski definition) is 1.